The van der Waals surface area contributed by atoms with Crippen LogP contribution in [0.25, 0.3) is 0 Å². The molecule has 0 saturated heterocycles. The third kappa shape index (κ3) is 9.77. The van der Waals surface area contributed by atoms with E-state index in [0.717, 1.165) is 5.56 Å². The molecule has 0 fully saturated rings. The van der Waals surface area contributed by atoms with E-state index in [2.05, 4.69) is 13.8 Å². The zero-order chi connectivity index (χ0) is 17.0. The lowest BCUT2D eigenvalue weighted by molar-refractivity contribution is -0.156. The van der Waals surface area contributed by atoms with Crippen LogP contribution < -0.4 is 5.73 Å². The minimum absolute atomic E-state index is 0.0113. The molecular weight excluding hydrogens is 286 g/mol. The number of aromatic hydroxyl groups is 1. The Hall–Kier alpha value is -2.08. The van der Waals surface area contributed by atoms with Crippen LogP contribution >= 0.6 is 0 Å². The molecule has 0 bridgehead atoms. The molecule has 0 heterocycles. The van der Waals surface area contributed by atoms with Gasteiger partial charge in [-0.25, -0.2) is 0 Å². The van der Waals surface area contributed by atoms with Gasteiger partial charge in [-0.1, -0.05) is 32.4 Å². The predicted octanol–water partition coefficient (Wildman–Crippen LogP) is 1.78. The van der Waals surface area contributed by atoms with Crippen LogP contribution in [0, 0.1) is 0 Å². The predicted molar refractivity (Wildman–Crippen MR) is 83.3 cm³/mol. The maximum atomic E-state index is 11.5. The monoisotopic (exact) mass is 311 g/mol. The standard InChI is InChI=1S/C13H17NO5.C3H8/c1-9(19-13(17)7-14)8-18-12(16)6-10-2-4-11(15)5-3-10;1-3-2/h2-5,9,15H,6-8,14H2,1H3;3H2,1-2H3. The number of nitrogens with two attached hydrogens (primary N) is 1. The lowest BCUT2D eigenvalue weighted by atomic mass is 10.1. The summed E-state index contributed by atoms with van der Waals surface area (Å²) in [7, 11) is 0. The Morgan fingerprint density at radius 1 is 1.18 bits per heavy atom. The summed E-state index contributed by atoms with van der Waals surface area (Å²) in [5.74, 6) is -0.831. The Kier molecular flexibility index (Phi) is 10.5. The summed E-state index contributed by atoms with van der Waals surface area (Å²) in [5, 5.41) is 9.10. The van der Waals surface area contributed by atoms with Gasteiger partial charge in [0.05, 0.1) is 13.0 Å². The normalized spacial score (nSPS) is 10.9. The number of hydrogen-bond donors (Lipinski definition) is 2. The van der Waals surface area contributed by atoms with Gasteiger partial charge in [-0.2, -0.15) is 0 Å². The van der Waals surface area contributed by atoms with Crippen LogP contribution in [-0.2, 0) is 25.5 Å². The topological polar surface area (TPSA) is 98.9 Å². The van der Waals surface area contributed by atoms with Gasteiger partial charge in [-0.3, -0.25) is 9.59 Å². The summed E-state index contributed by atoms with van der Waals surface area (Å²) < 4.78 is 9.81. The van der Waals surface area contributed by atoms with Gasteiger partial charge in [0.1, 0.15) is 18.5 Å². The van der Waals surface area contributed by atoms with Gasteiger partial charge in [0.15, 0.2) is 0 Å². The second-order valence-electron chi connectivity index (χ2n) is 4.74. The number of ether oxygens (including phenoxy) is 2. The van der Waals surface area contributed by atoms with Crippen LogP contribution in [0.3, 0.4) is 0 Å². The van der Waals surface area contributed by atoms with Gasteiger partial charge in [0, 0.05) is 0 Å². The molecule has 6 nitrogen and oxygen atoms in total. The third-order valence-corrected chi connectivity index (χ3v) is 2.26. The van der Waals surface area contributed by atoms with Crippen LogP contribution in [0.2, 0.25) is 0 Å². The number of phenolic OH excluding ortho intramolecular Hbond substituents is 1. The highest BCUT2D eigenvalue weighted by molar-refractivity contribution is 5.73. The molecule has 0 saturated carbocycles. The van der Waals surface area contributed by atoms with Crippen molar-refractivity contribution in [1.82, 2.24) is 0 Å². The summed E-state index contributed by atoms with van der Waals surface area (Å²) in [6, 6.07) is 6.26. The van der Waals surface area contributed by atoms with E-state index in [1.165, 1.54) is 18.6 Å². The van der Waals surface area contributed by atoms with Gasteiger partial charge in [0.25, 0.3) is 0 Å². The van der Waals surface area contributed by atoms with E-state index in [1.807, 2.05) is 0 Å². The van der Waals surface area contributed by atoms with Crippen molar-refractivity contribution < 1.29 is 24.2 Å². The van der Waals surface area contributed by atoms with Crippen LogP contribution in [-0.4, -0.2) is 36.3 Å². The molecule has 1 aromatic rings. The van der Waals surface area contributed by atoms with Gasteiger partial charge in [-0.15, -0.1) is 0 Å². The zero-order valence-corrected chi connectivity index (χ0v) is 13.4. The largest absolute Gasteiger partial charge is 0.508 e. The summed E-state index contributed by atoms with van der Waals surface area (Å²) in [5.41, 5.74) is 5.82. The molecule has 0 aromatic heterocycles. The Morgan fingerprint density at radius 3 is 2.23 bits per heavy atom. The van der Waals surface area contributed by atoms with Crippen molar-refractivity contribution in [2.24, 2.45) is 5.73 Å². The molecule has 1 unspecified atom stereocenters. The fraction of sp³-hybridized carbons (Fsp3) is 0.500. The number of phenols is 1. The molecule has 0 aliphatic heterocycles. The molecule has 0 aliphatic carbocycles. The van der Waals surface area contributed by atoms with Crippen molar-refractivity contribution in [2.45, 2.75) is 39.7 Å². The SMILES string of the molecule is CC(COC(=O)Cc1ccc(O)cc1)OC(=O)CN.CCC. The Morgan fingerprint density at radius 2 is 1.73 bits per heavy atom. The molecule has 124 valence electrons. The zero-order valence-electron chi connectivity index (χ0n) is 13.4. The van der Waals surface area contributed by atoms with Gasteiger partial charge in [0.2, 0.25) is 0 Å². The quantitative estimate of drug-likeness (QED) is 0.777. The molecule has 1 aromatic carbocycles. The molecule has 1 atom stereocenters. The van der Waals surface area contributed by atoms with Crippen molar-refractivity contribution in [2.75, 3.05) is 13.2 Å². The first-order valence-corrected chi connectivity index (χ1v) is 7.25. The average molecular weight is 311 g/mol. The highest BCUT2D eigenvalue weighted by Crippen LogP contribution is 2.10. The Balaban J connectivity index is 0.00000135. The van der Waals surface area contributed by atoms with E-state index in [0.29, 0.717) is 0 Å². The van der Waals surface area contributed by atoms with E-state index in [-0.39, 0.29) is 25.3 Å². The van der Waals surface area contributed by atoms with Crippen molar-refractivity contribution >= 4 is 11.9 Å². The lowest BCUT2D eigenvalue weighted by Crippen LogP contribution is -2.26. The number of hydrogen-bond acceptors (Lipinski definition) is 6. The Bertz CT molecular complexity index is 444. The minimum Gasteiger partial charge on any atom is -0.508 e. The average Bonchev–Trinajstić information content (AvgIpc) is 2.48. The van der Waals surface area contributed by atoms with Gasteiger partial charge >= 0.3 is 11.9 Å². The minimum atomic E-state index is -0.540. The highest BCUT2D eigenvalue weighted by atomic mass is 16.6. The number of carbonyl (C=O) groups is 2. The van der Waals surface area contributed by atoms with Crippen molar-refractivity contribution in [3.63, 3.8) is 0 Å². The molecule has 0 radical (unpaired) electrons. The summed E-state index contributed by atoms with van der Waals surface area (Å²) >= 11 is 0. The first kappa shape index (κ1) is 19.9. The van der Waals surface area contributed by atoms with Crippen molar-refractivity contribution in [3.8, 4) is 5.75 Å². The number of carbonyl (C=O) groups excluding carboxylic acids is 2. The molecule has 0 spiro atoms. The lowest BCUT2D eigenvalue weighted by Gasteiger charge is -2.12. The smallest absolute Gasteiger partial charge is 0.320 e. The maximum absolute atomic E-state index is 11.5. The van der Waals surface area contributed by atoms with E-state index >= 15 is 0 Å². The Labute approximate surface area is 131 Å². The third-order valence-electron chi connectivity index (χ3n) is 2.26. The molecular formula is C16H25NO5. The molecule has 22 heavy (non-hydrogen) atoms. The van der Waals surface area contributed by atoms with E-state index in [4.69, 9.17) is 20.3 Å². The van der Waals surface area contributed by atoms with Crippen LogP contribution in [0.1, 0.15) is 32.8 Å². The second kappa shape index (κ2) is 11.6. The van der Waals surface area contributed by atoms with Crippen molar-refractivity contribution in [3.05, 3.63) is 29.8 Å². The molecule has 1 rings (SSSR count). The molecule has 3 N–H and O–H groups in total. The van der Waals surface area contributed by atoms with Crippen LogP contribution in [0.4, 0.5) is 0 Å². The van der Waals surface area contributed by atoms with E-state index in [1.54, 1.807) is 19.1 Å². The van der Waals surface area contributed by atoms with E-state index in [9.17, 15) is 9.59 Å². The van der Waals surface area contributed by atoms with Gasteiger partial charge in [-0.05, 0) is 24.6 Å². The number of esters is 2. The fourth-order valence-electron chi connectivity index (χ4n) is 1.35. The fourth-order valence-corrected chi connectivity index (χ4v) is 1.35. The summed E-state index contributed by atoms with van der Waals surface area (Å²) in [6.45, 7) is 5.65. The van der Waals surface area contributed by atoms with Crippen LogP contribution in [0.5, 0.6) is 5.75 Å². The number of benzene rings is 1. The van der Waals surface area contributed by atoms with E-state index < -0.39 is 18.0 Å². The van der Waals surface area contributed by atoms with Crippen molar-refractivity contribution in [1.29, 1.82) is 0 Å². The number of rotatable bonds is 6. The summed E-state index contributed by atoms with van der Waals surface area (Å²) in [6.07, 6.45) is 0.817. The molecule has 0 aliphatic rings. The maximum Gasteiger partial charge on any atom is 0.320 e. The highest BCUT2D eigenvalue weighted by Gasteiger charge is 2.11. The second-order valence-corrected chi connectivity index (χ2v) is 4.74. The molecule has 6 heteroatoms. The van der Waals surface area contributed by atoms with Crippen LogP contribution in [0.15, 0.2) is 24.3 Å². The molecule has 0 amide bonds. The first-order chi connectivity index (χ1) is 10.4. The first-order valence-electron chi connectivity index (χ1n) is 7.25. The summed E-state index contributed by atoms with van der Waals surface area (Å²) in [4.78, 5) is 22.4. The van der Waals surface area contributed by atoms with Gasteiger partial charge < -0.3 is 20.3 Å².